The third kappa shape index (κ3) is 5.65. The zero-order chi connectivity index (χ0) is 13.4. The second-order valence-corrected chi connectivity index (χ2v) is 5.52. The Morgan fingerprint density at radius 3 is 2.33 bits per heavy atom. The minimum absolute atomic E-state index is 0.256. The molecule has 0 aliphatic heterocycles. The highest BCUT2D eigenvalue weighted by atomic mass is 15.1. The summed E-state index contributed by atoms with van der Waals surface area (Å²) in [7, 11) is 0. The van der Waals surface area contributed by atoms with Crippen LogP contribution in [0.5, 0.6) is 0 Å². The highest BCUT2D eigenvalue weighted by Gasteiger charge is 2.13. The molecule has 0 aliphatic carbocycles. The smallest absolute Gasteiger partial charge is 0.0234 e. The van der Waals surface area contributed by atoms with Crippen LogP contribution in [0.1, 0.15) is 39.7 Å². The summed E-state index contributed by atoms with van der Waals surface area (Å²) in [6, 6.07) is 10.7. The van der Waals surface area contributed by atoms with Gasteiger partial charge in [0.25, 0.3) is 0 Å². The van der Waals surface area contributed by atoms with E-state index in [-0.39, 0.29) is 5.54 Å². The Morgan fingerprint density at radius 1 is 1.11 bits per heavy atom. The summed E-state index contributed by atoms with van der Waals surface area (Å²) in [6.07, 6.45) is 1.16. The summed E-state index contributed by atoms with van der Waals surface area (Å²) in [5, 5.41) is 3.62. The van der Waals surface area contributed by atoms with Gasteiger partial charge in [-0.3, -0.25) is 4.90 Å². The Bertz CT molecular complexity index is 319. The maximum absolute atomic E-state index is 3.62. The van der Waals surface area contributed by atoms with E-state index in [1.54, 1.807) is 0 Å². The quantitative estimate of drug-likeness (QED) is 0.759. The predicted octanol–water partition coefficient (Wildman–Crippen LogP) is 3.29. The molecule has 0 radical (unpaired) electrons. The molecule has 2 nitrogen and oxygen atoms in total. The van der Waals surface area contributed by atoms with Crippen LogP contribution in [-0.4, -0.2) is 30.1 Å². The van der Waals surface area contributed by atoms with Crippen molar-refractivity contribution in [1.29, 1.82) is 0 Å². The molecule has 0 saturated carbocycles. The SMILES string of the molecule is CCN(CCNC(C)(C)CC)Cc1ccccc1. The predicted molar refractivity (Wildman–Crippen MR) is 79.8 cm³/mol. The zero-order valence-corrected chi connectivity index (χ0v) is 12.4. The molecule has 0 amide bonds. The molecule has 1 N–H and O–H groups in total. The van der Waals surface area contributed by atoms with Crippen LogP contribution in [0.15, 0.2) is 30.3 Å². The van der Waals surface area contributed by atoms with Gasteiger partial charge in [-0.05, 0) is 32.4 Å². The maximum atomic E-state index is 3.62. The van der Waals surface area contributed by atoms with Gasteiger partial charge in [0.1, 0.15) is 0 Å². The van der Waals surface area contributed by atoms with E-state index in [1.807, 2.05) is 0 Å². The van der Waals surface area contributed by atoms with Crippen LogP contribution < -0.4 is 5.32 Å². The average molecular weight is 248 g/mol. The summed E-state index contributed by atoms with van der Waals surface area (Å²) in [5.41, 5.74) is 1.65. The number of benzene rings is 1. The second kappa shape index (κ2) is 7.55. The molecule has 102 valence electrons. The summed E-state index contributed by atoms with van der Waals surface area (Å²) in [5.74, 6) is 0. The molecule has 0 aromatic heterocycles. The van der Waals surface area contributed by atoms with E-state index in [0.717, 1.165) is 32.6 Å². The molecule has 1 rings (SSSR count). The minimum atomic E-state index is 0.256. The van der Waals surface area contributed by atoms with Gasteiger partial charge in [-0.25, -0.2) is 0 Å². The van der Waals surface area contributed by atoms with E-state index in [1.165, 1.54) is 5.56 Å². The number of hydrogen-bond donors (Lipinski definition) is 1. The molecule has 0 bridgehead atoms. The Hall–Kier alpha value is -0.860. The number of hydrogen-bond acceptors (Lipinski definition) is 2. The number of nitrogens with zero attached hydrogens (tertiary/aromatic N) is 1. The van der Waals surface area contributed by atoms with Gasteiger partial charge in [0.05, 0.1) is 0 Å². The first-order chi connectivity index (χ1) is 8.57. The number of rotatable bonds is 8. The number of likely N-dealkylation sites (N-methyl/N-ethyl adjacent to an activating group) is 1. The van der Waals surface area contributed by atoms with Crippen molar-refractivity contribution in [2.24, 2.45) is 0 Å². The largest absolute Gasteiger partial charge is 0.311 e. The fourth-order valence-corrected chi connectivity index (χ4v) is 1.87. The first kappa shape index (κ1) is 15.2. The molecular formula is C16H28N2. The molecule has 18 heavy (non-hydrogen) atoms. The molecule has 0 unspecified atom stereocenters. The van der Waals surface area contributed by atoms with Crippen molar-refractivity contribution in [2.45, 2.75) is 46.2 Å². The molecular weight excluding hydrogens is 220 g/mol. The van der Waals surface area contributed by atoms with Gasteiger partial charge in [0.15, 0.2) is 0 Å². The fraction of sp³-hybridized carbons (Fsp3) is 0.625. The molecule has 0 fully saturated rings. The Morgan fingerprint density at radius 2 is 1.78 bits per heavy atom. The van der Waals surface area contributed by atoms with Crippen molar-refractivity contribution < 1.29 is 0 Å². The molecule has 0 heterocycles. The van der Waals surface area contributed by atoms with Gasteiger partial charge in [-0.1, -0.05) is 44.2 Å². The fourth-order valence-electron chi connectivity index (χ4n) is 1.87. The first-order valence-corrected chi connectivity index (χ1v) is 7.08. The van der Waals surface area contributed by atoms with Gasteiger partial charge in [-0.2, -0.15) is 0 Å². The summed E-state index contributed by atoms with van der Waals surface area (Å²) in [4.78, 5) is 2.48. The van der Waals surface area contributed by atoms with E-state index in [0.29, 0.717) is 0 Å². The lowest BCUT2D eigenvalue weighted by molar-refractivity contribution is 0.260. The van der Waals surface area contributed by atoms with E-state index in [2.05, 4.69) is 68.2 Å². The van der Waals surface area contributed by atoms with E-state index >= 15 is 0 Å². The lowest BCUT2D eigenvalue weighted by atomic mass is 10.0. The monoisotopic (exact) mass is 248 g/mol. The second-order valence-electron chi connectivity index (χ2n) is 5.52. The van der Waals surface area contributed by atoms with E-state index in [9.17, 15) is 0 Å². The first-order valence-electron chi connectivity index (χ1n) is 7.08. The van der Waals surface area contributed by atoms with Gasteiger partial charge >= 0.3 is 0 Å². The third-order valence-corrected chi connectivity index (χ3v) is 3.61. The third-order valence-electron chi connectivity index (χ3n) is 3.61. The van der Waals surface area contributed by atoms with Crippen LogP contribution in [-0.2, 0) is 6.54 Å². The van der Waals surface area contributed by atoms with Gasteiger partial charge in [0.2, 0.25) is 0 Å². The van der Waals surface area contributed by atoms with E-state index < -0.39 is 0 Å². The highest BCUT2D eigenvalue weighted by Crippen LogP contribution is 2.07. The van der Waals surface area contributed by atoms with E-state index in [4.69, 9.17) is 0 Å². The minimum Gasteiger partial charge on any atom is -0.311 e. The lowest BCUT2D eigenvalue weighted by Gasteiger charge is -2.27. The molecule has 0 atom stereocenters. The molecule has 0 aliphatic rings. The van der Waals surface area contributed by atoms with Crippen LogP contribution in [0.3, 0.4) is 0 Å². The Kier molecular flexibility index (Phi) is 6.37. The molecule has 1 aromatic rings. The van der Waals surface area contributed by atoms with Crippen LogP contribution >= 0.6 is 0 Å². The normalized spacial score (nSPS) is 12.1. The van der Waals surface area contributed by atoms with Crippen molar-refractivity contribution in [1.82, 2.24) is 10.2 Å². The van der Waals surface area contributed by atoms with Crippen LogP contribution in [0.25, 0.3) is 0 Å². The van der Waals surface area contributed by atoms with Gasteiger partial charge in [-0.15, -0.1) is 0 Å². The molecule has 0 spiro atoms. The summed E-state index contributed by atoms with van der Waals surface area (Å²) < 4.78 is 0. The van der Waals surface area contributed by atoms with Crippen molar-refractivity contribution in [3.8, 4) is 0 Å². The average Bonchev–Trinajstić information content (AvgIpc) is 2.38. The molecule has 1 aromatic carbocycles. The van der Waals surface area contributed by atoms with Crippen molar-refractivity contribution in [2.75, 3.05) is 19.6 Å². The summed E-state index contributed by atoms with van der Waals surface area (Å²) >= 11 is 0. The van der Waals surface area contributed by atoms with Crippen LogP contribution in [0, 0.1) is 0 Å². The van der Waals surface area contributed by atoms with Crippen LogP contribution in [0.4, 0.5) is 0 Å². The van der Waals surface area contributed by atoms with Gasteiger partial charge < -0.3 is 5.32 Å². The van der Waals surface area contributed by atoms with Crippen LogP contribution in [0.2, 0.25) is 0 Å². The standard InChI is InChI=1S/C16H28N2/c1-5-16(3,4)17-12-13-18(6-2)14-15-10-8-7-9-11-15/h7-11,17H,5-6,12-14H2,1-4H3. The lowest BCUT2D eigenvalue weighted by Crippen LogP contribution is -2.43. The summed E-state index contributed by atoms with van der Waals surface area (Å²) in [6.45, 7) is 13.3. The molecule has 0 saturated heterocycles. The van der Waals surface area contributed by atoms with Crippen molar-refractivity contribution in [3.63, 3.8) is 0 Å². The Labute approximate surface area is 112 Å². The zero-order valence-electron chi connectivity index (χ0n) is 12.4. The maximum Gasteiger partial charge on any atom is 0.0234 e. The van der Waals surface area contributed by atoms with Crippen molar-refractivity contribution in [3.05, 3.63) is 35.9 Å². The topological polar surface area (TPSA) is 15.3 Å². The number of nitrogens with one attached hydrogen (secondary N) is 1. The van der Waals surface area contributed by atoms with Crippen molar-refractivity contribution >= 4 is 0 Å². The Balaban J connectivity index is 2.34. The van der Waals surface area contributed by atoms with Gasteiger partial charge in [0, 0.05) is 25.2 Å². The highest BCUT2D eigenvalue weighted by molar-refractivity contribution is 5.14. The molecule has 2 heteroatoms.